The SMILES string of the molecule is O=[N+]([O-])c1ccccc1NC(=S)NN=Cc1ccncc1. The molecule has 0 saturated heterocycles. The van der Waals surface area contributed by atoms with Gasteiger partial charge in [0.15, 0.2) is 5.11 Å². The fourth-order valence-corrected chi connectivity index (χ4v) is 1.67. The van der Waals surface area contributed by atoms with Gasteiger partial charge < -0.3 is 5.32 Å². The van der Waals surface area contributed by atoms with E-state index in [0.717, 1.165) is 5.56 Å². The summed E-state index contributed by atoms with van der Waals surface area (Å²) in [5.74, 6) is 0. The lowest BCUT2D eigenvalue weighted by molar-refractivity contribution is -0.383. The molecule has 1 heterocycles. The van der Waals surface area contributed by atoms with Crippen LogP contribution in [0.4, 0.5) is 11.4 Å². The van der Waals surface area contributed by atoms with Gasteiger partial charge in [0.2, 0.25) is 0 Å². The van der Waals surface area contributed by atoms with Gasteiger partial charge in [0, 0.05) is 18.5 Å². The van der Waals surface area contributed by atoms with E-state index < -0.39 is 4.92 Å². The van der Waals surface area contributed by atoms with Crippen molar-refractivity contribution in [1.29, 1.82) is 0 Å². The number of rotatable bonds is 4. The third-order valence-corrected chi connectivity index (χ3v) is 2.63. The predicted octanol–water partition coefficient (Wildman–Crippen LogP) is 2.31. The number of para-hydroxylation sites is 2. The summed E-state index contributed by atoms with van der Waals surface area (Å²) < 4.78 is 0. The molecular formula is C13H11N5O2S. The van der Waals surface area contributed by atoms with Crippen LogP contribution in [0.3, 0.4) is 0 Å². The fourth-order valence-electron chi connectivity index (χ4n) is 1.50. The average molecular weight is 301 g/mol. The largest absolute Gasteiger partial charge is 0.326 e. The van der Waals surface area contributed by atoms with Gasteiger partial charge in [0.1, 0.15) is 5.69 Å². The zero-order chi connectivity index (χ0) is 15.1. The van der Waals surface area contributed by atoms with Crippen molar-refractivity contribution in [2.75, 3.05) is 5.32 Å². The highest BCUT2D eigenvalue weighted by molar-refractivity contribution is 7.80. The second-order valence-corrected chi connectivity index (χ2v) is 4.29. The van der Waals surface area contributed by atoms with Crippen LogP contribution >= 0.6 is 12.2 Å². The van der Waals surface area contributed by atoms with Gasteiger partial charge in [-0.15, -0.1) is 0 Å². The summed E-state index contributed by atoms with van der Waals surface area (Å²) >= 11 is 5.03. The van der Waals surface area contributed by atoms with E-state index in [1.807, 2.05) is 0 Å². The number of nitro benzene ring substituents is 1. The molecular weight excluding hydrogens is 290 g/mol. The van der Waals surface area contributed by atoms with Crippen LogP contribution in [0.25, 0.3) is 0 Å². The van der Waals surface area contributed by atoms with Crippen molar-refractivity contribution in [3.63, 3.8) is 0 Å². The number of aromatic nitrogens is 1. The summed E-state index contributed by atoms with van der Waals surface area (Å²) in [6, 6.07) is 9.79. The molecule has 1 aromatic carbocycles. The van der Waals surface area contributed by atoms with Crippen molar-refractivity contribution in [3.05, 3.63) is 64.5 Å². The second-order valence-electron chi connectivity index (χ2n) is 3.88. The lowest BCUT2D eigenvalue weighted by atomic mass is 10.3. The third kappa shape index (κ3) is 4.32. The molecule has 0 radical (unpaired) electrons. The number of hydrogen-bond acceptors (Lipinski definition) is 5. The van der Waals surface area contributed by atoms with E-state index in [9.17, 15) is 10.1 Å². The molecule has 2 aromatic rings. The number of hydrogen-bond donors (Lipinski definition) is 2. The molecule has 0 fully saturated rings. The molecule has 21 heavy (non-hydrogen) atoms. The highest BCUT2D eigenvalue weighted by Gasteiger charge is 2.12. The molecule has 0 aliphatic rings. The van der Waals surface area contributed by atoms with Crippen LogP contribution in [0.2, 0.25) is 0 Å². The number of thiocarbonyl (C=S) groups is 1. The highest BCUT2D eigenvalue weighted by atomic mass is 32.1. The molecule has 7 nitrogen and oxygen atoms in total. The third-order valence-electron chi connectivity index (χ3n) is 2.43. The van der Waals surface area contributed by atoms with Crippen LogP contribution in [0.5, 0.6) is 0 Å². The summed E-state index contributed by atoms with van der Waals surface area (Å²) in [6.45, 7) is 0. The average Bonchev–Trinajstić information content (AvgIpc) is 2.48. The summed E-state index contributed by atoms with van der Waals surface area (Å²) in [5, 5.41) is 17.7. The van der Waals surface area contributed by atoms with Gasteiger partial charge in [0.25, 0.3) is 5.69 Å². The van der Waals surface area contributed by atoms with Crippen LogP contribution < -0.4 is 10.7 Å². The van der Waals surface area contributed by atoms with Crippen molar-refractivity contribution in [2.45, 2.75) is 0 Å². The number of anilines is 1. The van der Waals surface area contributed by atoms with E-state index in [-0.39, 0.29) is 10.8 Å². The van der Waals surface area contributed by atoms with E-state index >= 15 is 0 Å². The van der Waals surface area contributed by atoms with Gasteiger partial charge >= 0.3 is 0 Å². The Kier molecular flexibility index (Phi) is 4.89. The zero-order valence-corrected chi connectivity index (χ0v) is 11.6. The summed E-state index contributed by atoms with van der Waals surface area (Å²) in [6.07, 6.45) is 4.85. The molecule has 8 heteroatoms. The number of nitrogens with zero attached hydrogens (tertiary/aromatic N) is 3. The summed E-state index contributed by atoms with van der Waals surface area (Å²) in [7, 11) is 0. The Bertz CT molecular complexity index is 675. The number of nitro groups is 1. The van der Waals surface area contributed by atoms with Crippen molar-refractivity contribution in [1.82, 2.24) is 10.4 Å². The summed E-state index contributed by atoms with van der Waals surface area (Å²) in [5.41, 5.74) is 3.69. The maximum atomic E-state index is 10.9. The van der Waals surface area contributed by atoms with E-state index in [4.69, 9.17) is 12.2 Å². The number of benzene rings is 1. The van der Waals surface area contributed by atoms with Crippen molar-refractivity contribution in [3.8, 4) is 0 Å². The highest BCUT2D eigenvalue weighted by Crippen LogP contribution is 2.22. The van der Waals surface area contributed by atoms with E-state index in [1.54, 1.807) is 48.9 Å². The molecule has 106 valence electrons. The van der Waals surface area contributed by atoms with Gasteiger partial charge in [0.05, 0.1) is 11.1 Å². The smallest absolute Gasteiger partial charge is 0.292 e. The Morgan fingerprint density at radius 2 is 2.00 bits per heavy atom. The van der Waals surface area contributed by atoms with Crippen molar-refractivity contribution >= 4 is 34.9 Å². The minimum atomic E-state index is -0.481. The molecule has 0 aliphatic heterocycles. The molecule has 0 bridgehead atoms. The maximum absolute atomic E-state index is 10.9. The maximum Gasteiger partial charge on any atom is 0.292 e. The Labute approximate surface area is 125 Å². The fraction of sp³-hybridized carbons (Fsp3) is 0. The van der Waals surface area contributed by atoms with Gasteiger partial charge in [-0.3, -0.25) is 20.5 Å². The molecule has 2 rings (SSSR count). The number of pyridine rings is 1. The predicted molar refractivity (Wildman–Crippen MR) is 84.3 cm³/mol. The molecule has 0 atom stereocenters. The molecule has 2 N–H and O–H groups in total. The molecule has 0 unspecified atom stereocenters. The number of hydrazone groups is 1. The first-order chi connectivity index (χ1) is 10.2. The normalized spacial score (nSPS) is 10.3. The molecule has 0 saturated carbocycles. The van der Waals surface area contributed by atoms with E-state index in [0.29, 0.717) is 5.69 Å². The van der Waals surface area contributed by atoms with Crippen LogP contribution in [-0.2, 0) is 0 Å². The second kappa shape index (κ2) is 7.06. The monoisotopic (exact) mass is 301 g/mol. The first-order valence-corrected chi connectivity index (χ1v) is 6.31. The Hall–Kier alpha value is -2.87. The molecule has 0 amide bonds. The van der Waals surface area contributed by atoms with Crippen LogP contribution in [0, 0.1) is 10.1 Å². The Balaban J connectivity index is 1.97. The Morgan fingerprint density at radius 3 is 2.71 bits per heavy atom. The van der Waals surface area contributed by atoms with Crippen molar-refractivity contribution < 1.29 is 4.92 Å². The van der Waals surface area contributed by atoms with Crippen LogP contribution in [-0.4, -0.2) is 21.2 Å². The van der Waals surface area contributed by atoms with E-state index in [2.05, 4.69) is 20.8 Å². The minimum Gasteiger partial charge on any atom is -0.326 e. The lowest BCUT2D eigenvalue weighted by Crippen LogP contribution is -2.24. The quantitative estimate of drug-likeness (QED) is 0.389. The molecule has 0 spiro atoms. The van der Waals surface area contributed by atoms with Crippen LogP contribution in [0.15, 0.2) is 53.9 Å². The first kappa shape index (κ1) is 14.5. The first-order valence-electron chi connectivity index (χ1n) is 5.90. The van der Waals surface area contributed by atoms with E-state index in [1.165, 1.54) is 6.07 Å². The van der Waals surface area contributed by atoms with Gasteiger partial charge in [-0.25, -0.2) is 0 Å². The van der Waals surface area contributed by atoms with Crippen molar-refractivity contribution in [2.24, 2.45) is 5.10 Å². The standard InChI is InChI=1S/C13H11N5O2S/c19-18(20)12-4-2-1-3-11(12)16-13(21)17-15-9-10-5-7-14-8-6-10/h1-9H,(H2,16,17,21). The molecule has 0 aliphatic carbocycles. The minimum absolute atomic E-state index is 0.0558. The van der Waals surface area contributed by atoms with Gasteiger partial charge in [-0.1, -0.05) is 12.1 Å². The lowest BCUT2D eigenvalue weighted by Gasteiger charge is -2.07. The summed E-state index contributed by atoms with van der Waals surface area (Å²) in [4.78, 5) is 14.3. The topological polar surface area (TPSA) is 92.5 Å². The van der Waals surface area contributed by atoms with Gasteiger partial charge in [-0.2, -0.15) is 5.10 Å². The van der Waals surface area contributed by atoms with Crippen LogP contribution in [0.1, 0.15) is 5.56 Å². The molecule has 1 aromatic heterocycles. The Morgan fingerprint density at radius 1 is 1.29 bits per heavy atom. The van der Waals surface area contributed by atoms with Gasteiger partial charge in [-0.05, 0) is 36.0 Å². The zero-order valence-electron chi connectivity index (χ0n) is 10.8. The number of nitrogens with one attached hydrogen (secondary N) is 2.